The fraction of sp³-hybridized carbons (Fsp3) is 0.429. The minimum absolute atomic E-state index is 0.746. The first kappa shape index (κ1) is 15.8. The SMILES string of the molecule is C=CC1CCC(C(/C=C\Cc2ccc(C)cc2)=C/C)CC1. The van der Waals surface area contributed by atoms with Gasteiger partial charge in [0.1, 0.15) is 0 Å². The molecule has 0 nitrogen and oxygen atoms in total. The molecule has 0 N–H and O–H groups in total. The molecular formula is C21H28. The average Bonchev–Trinajstić information content (AvgIpc) is 2.53. The minimum atomic E-state index is 0.746. The number of rotatable bonds is 5. The molecule has 0 saturated heterocycles. The maximum absolute atomic E-state index is 3.94. The van der Waals surface area contributed by atoms with E-state index in [0.29, 0.717) is 0 Å². The Labute approximate surface area is 130 Å². The zero-order chi connectivity index (χ0) is 15.1. The predicted molar refractivity (Wildman–Crippen MR) is 93.4 cm³/mol. The van der Waals surface area contributed by atoms with Crippen LogP contribution in [0.2, 0.25) is 0 Å². The van der Waals surface area contributed by atoms with Crippen molar-refractivity contribution in [3.05, 3.63) is 71.8 Å². The van der Waals surface area contributed by atoms with E-state index in [1.807, 2.05) is 0 Å². The van der Waals surface area contributed by atoms with Crippen molar-refractivity contribution in [3.63, 3.8) is 0 Å². The summed E-state index contributed by atoms with van der Waals surface area (Å²) in [5, 5.41) is 0. The van der Waals surface area contributed by atoms with E-state index in [-0.39, 0.29) is 0 Å². The topological polar surface area (TPSA) is 0 Å². The van der Waals surface area contributed by atoms with E-state index in [1.54, 1.807) is 0 Å². The molecule has 0 spiro atoms. The molecular weight excluding hydrogens is 252 g/mol. The van der Waals surface area contributed by atoms with Crippen molar-refractivity contribution in [2.45, 2.75) is 46.0 Å². The van der Waals surface area contributed by atoms with Crippen LogP contribution in [0.15, 0.2) is 60.7 Å². The number of hydrogen-bond acceptors (Lipinski definition) is 0. The Bertz CT molecular complexity index is 493. The minimum Gasteiger partial charge on any atom is -0.103 e. The molecule has 1 aromatic rings. The highest BCUT2D eigenvalue weighted by molar-refractivity contribution is 5.26. The fourth-order valence-corrected chi connectivity index (χ4v) is 3.21. The van der Waals surface area contributed by atoms with Gasteiger partial charge in [0.05, 0.1) is 0 Å². The summed E-state index contributed by atoms with van der Waals surface area (Å²) in [6.45, 7) is 8.24. The predicted octanol–water partition coefficient (Wildman–Crippen LogP) is 6.03. The molecule has 0 heteroatoms. The summed E-state index contributed by atoms with van der Waals surface area (Å²) in [4.78, 5) is 0. The summed E-state index contributed by atoms with van der Waals surface area (Å²) in [5.74, 6) is 1.50. The summed E-state index contributed by atoms with van der Waals surface area (Å²) < 4.78 is 0. The average molecular weight is 280 g/mol. The molecule has 112 valence electrons. The lowest BCUT2D eigenvalue weighted by Gasteiger charge is -2.27. The molecule has 0 heterocycles. The first-order chi connectivity index (χ1) is 10.2. The fourth-order valence-electron chi connectivity index (χ4n) is 3.21. The molecule has 1 saturated carbocycles. The Morgan fingerprint density at radius 3 is 2.38 bits per heavy atom. The van der Waals surface area contributed by atoms with E-state index in [1.165, 1.54) is 42.4 Å². The van der Waals surface area contributed by atoms with Crippen LogP contribution in [0.5, 0.6) is 0 Å². The summed E-state index contributed by atoms with van der Waals surface area (Å²) in [5.41, 5.74) is 4.24. The Balaban J connectivity index is 1.89. The van der Waals surface area contributed by atoms with Crippen LogP contribution < -0.4 is 0 Å². The second kappa shape index (κ2) is 8.02. The maximum atomic E-state index is 3.94. The van der Waals surface area contributed by atoms with Crippen molar-refractivity contribution in [3.8, 4) is 0 Å². The lowest BCUT2D eigenvalue weighted by Crippen LogP contribution is -2.14. The summed E-state index contributed by atoms with van der Waals surface area (Å²) in [7, 11) is 0. The van der Waals surface area contributed by atoms with Gasteiger partial charge in [-0.3, -0.25) is 0 Å². The van der Waals surface area contributed by atoms with Gasteiger partial charge in [-0.2, -0.15) is 0 Å². The smallest absolute Gasteiger partial charge is 0.00942 e. The van der Waals surface area contributed by atoms with Crippen molar-refractivity contribution in [1.82, 2.24) is 0 Å². The van der Waals surface area contributed by atoms with Gasteiger partial charge in [-0.15, -0.1) is 6.58 Å². The number of aryl methyl sites for hydroxylation is 1. The van der Waals surface area contributed by atoms with Crippen molar-refractivity contribution in [2.24, 2.45) is 11.8 Å². The Morgan fingerprint density at radius 1 is 1.14 bits per heavy atom. The molecule has 0 bridgehead atoms. The third kappa shape index (κ3) is 4.74. The highest BCUT2D eigenvalue weighted by Crippen LogP contribution is 2.34. The molecule has 2 rings (SSSR count). The molecule has 1 aliphatic carbocycles. The second-order valence-corrected chi connectivity index (χ2v) is 6.23. The van der Waals surface area contributed by atoms with Crippen LogP contribution in [-0.2, 0) is 6.42 Å². The van der Waals surface area contributed by atoms with Gasteiger partial charge in [0.2, 0.25) is 0 Å². The lowest BCUT2D eigenvalue weighted by atomic mass is 9.78. The molecule has 21 heavy (non-hydrogen) atoms. The van der Waals surface area contributed by atoms with Gasteiger partial charge in [-0.05, 0) is 68.9 Å². The van der Waals surface area contributed by atoms with Gasteiger partial charge in [0.25, 0.3) is 0 Å². The van der Waals surface area contributed by atoms with Crippen molar-refractivity contribution >= 4 is 0 Å². The molecule has 0 aliphatic heterocycles. The summed E-state index contributed by atoms with van der Waals surface area (Å²) in [6, 6.07) is 8.83. The molecule has 0 unspecified atom stereocenters. The Kier molecular flexibility index (Phi) is 6.04. The highest BCUT2D eigenvalue weighted by atomic mass is 14.3. The van der Waals surface area contributed by atoms with E-state index < -0.39 is 0 Å². The van der Waals surface area contributed by atoms with Crippen LogP contribution in [-0.4, -0.2) is 0 Å². The van der Waals surface area contributed by atoms with Crippen molar-refractivity contribution < 1.29 is 0 Å². The largest absolute Gasteiger partial charge is 0.103 e. The third-order valence-corrected chi connectivity index (χ3v) is 4.69. The van der Waals surface area contributed by atoms with Crippen LogP contribution in [0.3, 0.4) is 0 Å². The second-order valence-electron chi connectivity index (χ2n) is 6.23. The van der Waals surface area contributed by atoms with E-state index >= 15 is 0 Å². The summed E-state index contributed by atoms with van der Waals surface area (Å²) in [6.07, 6.45) is 15.4. The zero-order valence-corrected chi connectivity index (χ0v) is 13.5. The monoisotopic (exact) mass is 280 g/mol. The standard InChI is InChI=1S/C21H28/c1-4-18-13-15-21(16-14-18)20(5-2)8-6-7-19-11-9-17(3)10-12-19/h4-6,8-12,18,21H,1,7,13-16H2,2-3H3/b8-6-,20-5+. The first-order valence-corrected chi connectivity index (χ1v) is 8.23. The normalized spacial score (nSPS) is 23.4. The van der Waals surface area contributed by atoms with Gasteiger partial charge >= 0.3 is 0 Å². The van der Waals surface area contributed by atoms with Gasteiger partial charge in [-0.1, -0.05) is 54.1 Å². The van der Waals surface area contributed by atoms with Crippen LogP contribution in [0.4, 0.5) is 0 Å². The zero-order valence-electron chi connectivity index (χ0n) is 13.5. The van der Waals surface area contributed by atoms with E-state index in [0.717, 1.165) is 18.3 Å². The number of benzene rings is 1. The summed E-state index contributed by atoms with van der Waals surface area (Å²) >= 11 is 0. The quantitative estimate of drug-likeness (QED) is 0.456. The van der Waals surface area contributed by atoms with Crippen LogP contribution in [0, 0.1) is 18.8 Å². The molecule has 1 aromatic carbocycles. The van der Waals surface area contributed by atoms with Gasteiger partial charge in [-0.25, -0.2) is 0 Å². The lowest BCUT2D eigenvalue weighted by molar-refractivity contribution is 0.348. The molecule has 0 atom stereocenters. The third-order valence-electron chi connectivity index (χ3n) is 4.69. The van der Waals surface area contributed by atoms with Crippen molar-refractivity contribution in [1.29, 1.82) is 0 Å². The molecule has 0 amide bonds. The van der Waals surface area contributed by atoms with Crippen molar-refractivity contribution in [2.75, 3.05) is 0 Å². The Morgan fingerprint density at radius 2 is 1.81 bits per heavy atom. The van der Waals surface area contributed by atoms with Crippen LogP contribution in [0.25, 0.3) is 0 Å². The van der Waals surface area contributed by atoms with E-state index in [9.17, 15) is 0 Å². The van der Waals surface area contributed by atoms with E-state index in [2.05, 4.69) is 69.0 Å². The van der Waals surface area contributed by atoms with Gasteiger partial charge < -0.3 is 0 Å². The first-order valence-electron chi connectivity index (χ1n) is 8.23. The van der Waals surface area contributed by atoms with E-state index in [4.69, 9.17) is 0 Å². The van der Waals surface area contributed by atoms with Crippen LogP contribution >= 0.6 is 0 Å². The number of hydrogen-bond donors (Lipinski definition) is 0. The van der Waals surface area contributed by atoms with Gasteiger partial charge in [0.15, 0.2) is 0 Å². The molecule has 1 fully saturated rings. The van der Waals surface area contributed by atoms with Gasteiger partial charge in [0, 0.05) is 0 Å². The molecule has 0 radical (unpaired) electrons. The maximum Gasteiger partial charge on any atom is -0.00942 e. The Hall–Kier alpha value is -1.56. The number of allylic oxidation sites excluding steroid dienone is 5. The van der Waals surface area contributed by atoms with Crippen LogP contribution in [0.1, 0.15) is 43.7 Å². The highest BCUT2D eigenvalue weighted by Gasteiger charge is 2.20. The molecule has 0 aromatic heterocycles. The molecule has 1 aliphatic rings.